The molecule has 5 rings (SSSR count). The Balaban J connectivity index is 1.07. The number of nitrogens with zero attached hydrogens (tertiary/aromatic N) is 2. The quantitative estimate of drug-likeness (QED) is 0.163. The molecule has 178 valence electrons. The van der Waals surface area contributed by atoms with Gasteiger partial charge in [0.25, 0.3) is 0 Å². The van der Waals surface area contributed by atoms with E-state index in [4.69, 9.17) is 9.47 Å². The van der Waals surface area contributed by atoms with Crippen LogP contribution in [0.1, 0.15) is 16.7 Å². The van der Waals surface area contributed by atoms with Crippen molar-refractivity contribution in [1.82, 2.24) is 4.98 Å². The molecule has 1 N–H and O–H groups in total. The number of hydrogen-bond donors (Lipinski definition) is 1. The van der Waals surface area contributed by atoms with Crippen LogP contribution in [-0.4, -0.2) is 11.2 Å². The van der Waals surface area contributed by atoms with E-state index in [0.717, 1.165) is 44.6 Å². The predicted molar refractivity (Wildman–Crippen MR) is 147 cm³/mol. The molecular formula is C30H25N3O2S. The van der Waals surface area contributed by atoms with Crippen LogP contribution in [0, 0.1) is 0 Å². The van der Waals surface area contributed by atoms with E-state index in [1.807, 2.05) is 102 Å². The molecule has 4 aromatic carbocycles. The number of anilines is 1. The molecule has 36 heavy (non-hydrogen) atoms. The van der Waals surface area contributed by atoms with Crippen LogP contribution in [0.5, 0.6) is 11.5 Å². The second kappa shape index (κ2) is 11.8. The minimum absolute atomic E-state index is 0.488. The third-order valence-electron chi connectivity index (χ3n) is 5.40. The van der Waals surface area contributed by atoms with Gasteiger partial charge in [-0.25, -0.2) is 4.98 Å². The molecule has 5 nitrogen and oxygen atoms in total. The Bertz CT molecular complexity index is 1380. The molecule has 1 aromatic heterocycles. The summed E-state index contributed by atoms with van der Waals surface area (Å²) in [5.41, 5.74) is 8.23. The molecule has 0 fully saturated rings. The average Bonchev–Trinajstić information content (AvgIpc) is 3.42. The van der Waals surface area contributed by atoms with Gasteiger partial charge in [0.2, 0.25) is 5.13 Å². The number of nitrogens with one attached hydrogen (secondary N) is 1. The molecule has 0 atom stereocenters. The lowest BCUT2D eigenvalue weighted by molar-refractivity contribution is 0.301. The maximum absolute atomic E-state index is 5.93. The first-order valence-corrected chi connectivity index (χ1v) is 12.5. The van der Waals surface area contributed by atoms with Crippen LogP contribution >= 0.6 is 11.3 Å². The molecule has 0 bridgehead atoms. The molecule has 1 heterocycles. The van der Waals surface area contributed by atoms with Gasteiger partial charge in [-0.1, -0.05) is 72.8 Å². The van der Waals surface area contributed by atoms with Gasteiger partial charge >= 0.3 is 0 Å². The van der Waals surface area contributed by atoms with Gasteiger partial charge in [-0.05, 0) is 53.1 Å². The van der Waals surface area contributed by atoms with Crippen molar-refractivity contribution in [2.45, 2.75) is 13.2 Å². The second-order valence-electron chi connectivity index (χ2n) is 8.05. The summed E-state index contributed by atoms with van der Waals surface area (Å²) in [4.78, 5) is 4.57. The number of ether oxygens (including phenoxy) is 2. The molecule has 0 saturated carbocycles. The standard InChI is InChI=1S/C30H25N3O2S/c1-3-7-24(8-4-1)20-34-28-17-13-25(14-18-28)21-35-27-15-11-23(12-16-27)19-31-33-30-32-29(22-36-30)26-9-5-2-6-10-26/h1-19,22H,20-21H2,(H,32,33). The van der Waals surface area contributed by atoms with Crippen LogP contribution in [0.15, 0.2) is 120 Å². The maximum Gasteiger partial charge on any atom is 0.203 e. The Morgan fingerprint density at radius 1 is 0.694 bits per heavy atom. The van der Waals surface area contributed by atoms with Crippen LogP contribution in [-0.2, 0) is 13.2 Å². The molecule has 6 heteroatoms. The molecule has 0 amide bonds. The third-order valence-corrected chi connectivity index (χ3v) is 6.15. The highest BCUT2D eigenvalue weighted by Gasteiger charge is 2.03. The van der Waals surface area contributed by atoms with E-state index in [2.05, 4.69) is 27.6 Å². The number of thiazole rings is 1. The molecule has 0 radical (unpaired) electrons. The summed E-state index contributed by atoms with van der Waals surface area (Å²) in [6, 6.07) is 36.0. The fraction of sp³-hybridized carbons (Fsp3) is 0.0667. The topological polar surface area (TPSA) is 55.7 Å². The zero-order chi connectivity index (χ0) is 24.4. The maximum atomic E-state index is 5.93. The number of benzene rings is 4. The summed E-state index contributed by atoms with van der Waals surface area (Å²) in [6.45, 7) is 1.04. The van der Waals surface area contributed by atoms with E-state index in [1.165, 1.54) is 11.3 Å². The molecular weight excluding hydrogens is 466 g/mol. The first kappa shape index (κ1) is 23.3. The van der Waals surface area contributed by atoms with E-state index in [9.17, 15) is 0 Å². The van der Waals surface area contributed by atoms with Crippen molar-refractivity contribution in [2.24, 2.45) is 5.10 Å². The molecule has 0 saturated heterocycles. The lowest BCUT2D eigenvalue weighted by Crippen LogP contribution is -1.97. The Labute approximate surface area is 214 Å². The van der Waals surface area contributed by atoms with Gasteiger partial charge in [0, 0.05) is 10.9 Å². The van der Waals surface area contributed by atoms with Gasteiger partial charge in [-0.2, -0.15) is 5.10 Å². The fourth-order valence-electron chi connectivity index (χ4n) is 3.47. The van der Waals surface area contributed by atoms with E-state index in [0.29, 0.717) is 13.2 Å². The van der Waals surface area contributed by atoms with Crippen molar-refractivity contribution >= 4 is 22.7 Å². The molecule has 0 aliphatic carbocycles. The van der Waals surface area contributed by atoms with Crippen molar-refractivity contribution in [3.63, 3.8) is 0 Å². The number of hydrogen-bond acceptors (Lipinski definition) is 6. The monoisotopic (exact) mass is 491 g/mol. The third kappa shape index (κ3) is 6.58. The van der Waals surface area contributed by atoms with Gasteiger partial charge in [0.1, 0.15) is 24.7 Å². The van der Waals surface area contributed by atoms with Crippen LogP contribution in [0.4, 0.5) is 5.13 Å². The summed E-state index contributed by atoms with van der Waals surface area (Å²) in [6.07, 6.45) is 1.77. The lowest BCUT2D eigenvalue weighted by Gasteiger charge is -2.09. The van der Waals surface area contributed by atoms with E-state index in [-0.39, 0.29) is 0 Å². The van der Waals surface area contributed by atoms with Gasteiger partial charge in [0.05, 0.1) is 11.9 Å². The van der Waals surface area contributed by atoms with Crippen molar-refractivity contribution in [3.8, 4) is 22.8 Å². The zero-order valence-electron chi connectivity index (χ0n) is 19.6. The summed E-state index contributed by atoms with van der Waals surface area (Å²) in [5, 5.41) is 7.07. The first-order valence-electron chi connectivity index (χ1n) is 11.6. The molecule has 0 aliphatic heterocycles. The van der Waals surface area contributed by atoms with E-state index < -0.39 is 0 Å². The number of rotatable bonds is 10. The summed E-state index contributed by atoms with van der Waals surface area (Å²) in [5.74, 6) is 1.64. The molecule has 0 unspecified atom stereocenters. The molecule has 5 aromatic rings. The smallest absolute Gasteiger partial charge is 0.203 e. The zero-order valence-corrected chi connectivity index (χ0v) is 20.4. The summed E-state index contributed by atoms with van der Waals surface area (Å²) < 4.78 is 11.8. The SMILES string of the molecule is C(=NNc1nc(-c2ccccc2)cs1)c1ccc(OCc2ccc(OCc3ccccc3)cc2)cc1. The fourth-order valence-corrected chi connectivity index (χ4v) is 4.14. The van der Waals surface area contributed by atoms with Gasteiger partial charge < -0.3 is 9.47 Å². The van der Waals surface area contributed by atoms with E-state index in [1.54, 1.807) is 6.21 Å². The van der Waals surface area contributed by atoms with Crippen LogP contribution in [0.25, 0.3) is 11.3 Å². The Kier molecular flexibility index (Phi) is 7.66. The van der Waals surface area contributed by atoms with Gasteiger partial charge in [-0.3, -0.25) is 5.43 Å². The average molecular weight is 492 g/mol. The summed E-state index contributed by atoms with van der Waals surface area (Å²) in [7, 11) is 0. The molecule has 0 aliphatic rings. The van der Waals surface area contributed by atoms with Crippen LogP contribution in [0.2, 0.25) is 0 Å². The Morgan fingerprint density at radius 2 is 1.28 bits per heavy atom. The normalized spacial score (nSPS) is 10.9. The minimum Gasteiger partial charge on any atom is -0.489 e. The van der Waals surface area contributed by atoms with Crippen molar-refractivity contribution < 1.29 is 9.47 Å². The van der Waals surface area contributed by atoms with Gasteiger partial charge in [0.15, 0.2) is 0 Å². The lowest BCUT2D eigenvalue weighted by atomic mass is 10.2. The van der Waals surface area contributed by atoms with Crippen LogP contribution < -0.4 is 14.9 Å². The largest absolute Gasteiger partial charge is 0.489 e. The number of aromatic nitrogens is 1. The highest BCUT2D eigenvalue weighted by atomic mass is 32.1. The van der Waals surface area contributed by atoms with Crippen molar-refractivity contribution in [1.29, 1.82) is 0 Å². The van der Waals surface area contributed by atoms with Crippen molar-refractivity contribution in [2.75, 3.05) is 5.43 Å². The van der Waals surface area contributed by atoms with Crippen molar-refractivity contribution in [3.05, 3.63) is 131 Å². The van der Waals surface area contributed by atoms with Crippen LogP contribution in [0.3, 0.4) is 0 Å². The second-order valence-corrected chi connectivity index (χ2v) is 8.91. The molecule has 0 spiro atoms. The highest BCUT2D eigenvalue weighted by Crippen LogP contribution is 2.24. The Hall–Kier alpha value is -4.42. The Morgan fingerprint density at radius 3 is 1.94 bits per heavy atom. The minimum atomic E-state index is 0.488. The highest BCUT2D eigenvalue weighted by molar-refractivity contribution is 7.14. The predicted octanol–water partition coefficient (Wildman–Crippen LogP) is 7.41. The first-order chi connectivity index (χ1) is 17.8. The summed E-state index contributed by atoms with van der Waals surface area (Å²) >= 11 is 1.52. The van der Waals surface area contributed by atoms with Gasteiger partial charge in [-0.15, -0.1) is 11.3 Å². The van der Waals surface area contributed by atoms with E-state index >= 15 is 0 Å². The number of hydrazone groups is 1.